The normalized spacial score (nSPS) is 15.6. The largest absolute Gasteiger partial charge is 0.417 e. The Kier molecular flexibility index (Phi) is 6.11. The SMILES string of the molecule is CCn1cc(-c2ccc(CN3C(=S)N(c4ccc(C#N)c(C(F)(F)F)c4)C(=O)C3(C)C)cc2)nn1. The van der Waals surface area contributed by atoms with E-state index in [0.717, 1.165) is 33.9 Å². The topological polar surface area (TPSA) is 78.0 Å². The summed E-state index contributed by atoms with van der Waals surface area (Å²) in [7, 11) is 0. The van der Waals surface area contributed by atoms with Crippen LogP contribution in [0.2, 0.25) is 0 Å². The number of carbonyl (C=O) groups excluding carboxylic acids is 1. The van der Waals surface area contributed by atoms with Gasteiger partial charge in [0.25, 0.3) is 5.91 Å². The van der Waals surface area contributed by atoms with Crippen LogP contribution in [-0.4, -0.2) is 36.5 Å². The predicted molar refractivity (Wildman–Crippen MR) is 127 cm³/mol. The number of aryl methyl sites for hydroxylation is 1. The summed E-state index contributed by atoms with van der Waals surface area (Å²) in [4.78, 5) is 16.0. The van der Waals surface area contributed by atoms with E-state index in [4.69, 9.17) is 17.5 Å². The van der Waals surface area contributed by atoms with Crippen LogP contribution < -0.4 is 4.90 Å². The third-order valence-electron chi connectivity index (χ3n) is 5.96. The summed E-state index contributed by atoms with van der Waals surface area (Å²) in [6, 6.07) is 12.2. The Morgan fingerprint density at radius 2 is 1.83 bits per heavy atom. The van der Waals surface area contributed by atoms with Crippen LogP contribution >= 0.6 is 12.2 Å². The average molecular weight is 499 g/mol. The Morgan fingerprint density at radius 3 is 2.40 bits per heavy atom. The van der Waals surface area contributed by atoms with Crippen molar-refractivity contribution in [3.8, 4) is 17.3 Å². The number of amides is 1. The second-order valence-electron chi connectivity index (χ2n) is 8.56. The molecular formula is C24H21F3N6OS. The average Bonchev–Trinajstić information content (AvgIpc) is 3.36. The third kappa shape index (κ3) is 4.37. The molecule has 0 atom stereocenters. The van der Waals surface area contributed by atoms with Gasteiger partial charge in [-0.05, 0) is 56.8 Å². The van der Waals surface area contributed by atoms with E-state index in [9.17, 15) is 18.0 Å². The van der Waals surface area contributed by atoms with Gasteiger partial charge in [-0.15, -0.1) is 5.10 Å². The molecule has 0 bridgehead atoms. The van der Waals surface area contributed by atoms with Gasteiger partial charge in [0.15, 0.2) is 5.11 Å². The highest BCUT2D eigenvalue weighted by Crippen LogP contribution is 2.38. The molecule has 0 N–H and O–H groups in total. The van der Waals surface area contributed by atoms with E-state index in [0.29, 0.717) is 6.54 Å². The van der Waals surface area contributed by atoms with Crippen molar-refractivity contribution in [2.45, 2.75) is 45.6 Å². The first kappa shape index (κ1) is 24.3. The lowest BCUT2D eigenvalue weighted by Gasteiger charge is -2.29. The zero-order valence-electron chi connectivity index (χ0n) is 19.2. The van der Waals surface area contributed by atoms with Crippen LogP contribution in [0.1, 0.15) is 37.5 Å². The number of hydrogen-bond donors (Lipinski definition) is 0. The first-order valence-corrected chi connectivity index (χ1v) is 11.1. The van der Waals surface area contributed by atoms with Crippen LogP contribution in [0.4, 0.5) is 18.9 Å². The molecule has 0 aliphatic carbocycles. The summed E-state index contributed by atoms with van der Waals surface area (Å²) < 4.78 is 42.2. The summed E-state index contributed by atoms with van der Waals surface area (Å²) >= 11 is 5.55. The van der Waals surface area contributed by atoms with Crippen LogP contribution in [0.15, 0.2) is 48.7 Å². The number of thiocarbonyl (C=S) groups is 1. The molecule has 2 aromatic carbocycles. The number of nitriles is 1. The standard InChI is InChI=1S/C24H21F3N6OS/c1-4-31-14-20(29-30-31)16-7-5-15(6-8-16)13-32-22(35)33(21(34)23(32,2)3)18-10-9-17(12-28)19(11-18)24(25,26)27/h5-11,14H,4,13H2,1-3H3. The number of aromatic nitrogens is 3. The fourth-order valence-corrected chi connectivity index (χ4v) is 4.36. The number of benzene rings is 2. The monoisotopic (exact) mass is 498 g/mol. The van der Waals surface area contributed by atoms with E-state index in [1.165, 1.54) is 6.07 Å². The molecule has 180 valence electrons. The Balaban J connectivity index is 1.62. The molecule has 1 amide bonds. The second kappa shape index (κ2) is 8.78. The Hall–Kier alpha value is -3.78. The van der Waals surface area contributed by atoms with E-state index in [1.807, 2.05) is 37.4 Å². The minimum atomic E-state index is -4.75. The Morgan fingerprint density at radius 1 is 1.14 bits per heavy atom. The number of carbonyl (C=O) groups is 1. The van der Waals surface area contributed by atoms with Gasteiger partial charge in [-0.3, -0.25) is 14.4 Å². The fourth-order valence-electron chi connectivity index (χ4n) is 3.88. The van der Waals surface area contributed by atoms with Crippen LogP contribution in [0.5, 0.6) is 0 Å². The summed E-state index contributed by atoms with van der Waals surface area (Å²) in [6.45, 7) is 6.30. The van der Waals surface area contributed by atoms with E-state index >= 15 is 0 Å². The summed E-state index contributed by atoms with van der Waals surface area (Å²) in [6.07, 6.45) is -2.90. The van der Waals surface area contributed by atoms with Crippen molar-refractivity contribution in [1.82, 2.24) is 19.9 Å². The zero-order valence-corrected chi connectivity index (χ0v) is 20.0. The molecule has 0 saturated carbocycles. The number of alkyl halides is 3. The van der Waals surface area contributed by atoms with Crippen molar-refractivity contribution in [3.05, 3.63) is 65.4 Å². The summed E-state index contributed by atoms with van der Waals surface area (Å²) in [5, 5.41) is 17.3. The summed E-state index contributed by atoms with van der Waals surface area (Å²) in [5.41, 5.74) is -0.279. The molecule has 0 unspecified atom stereocenters. The third-order valence-corrected chi connectivity index (χ3v) is 6.37. The molecule has 0 radical (unpaired) electrons. The highest BCUT2D eigenvalue weighted by Gasteiger charge is 2.49. The minimum absolute atomic E-state index is 0.0312. The second-order valence-corrected chi connectivity index (χ2v) is 8.93. The number of nitrogens with zero attached hydrogens (tertiary/aromatic N) is 6. The first-order chi connectivity index (χ1) is 16.5. The van der Waals surface area contributed by atoms with Crippen molar-refractivity contribution in [1.29, 1.82) is 5.26 Å². The van der Waals surface area contributed by atoms with Gasteiger partial charge in [0.2, 0.25) is 0 Å². The molecule has 1 aliphatic rings. The molecule has 7 nitrogen and oxygen atoms in total. The molecule has 1 aliphatic heterocycles. The molecule has 3 aromatic rings. The van der Waals surface area contributed by atoms with E-state index in [-0.39, 0.29) is 17.3 Å². The maximum absolute atomic E-state index is 13.5. The van der Waals surface area contributed by atoms with Crippen LogP contribution in [0.25, 0.3) is 11.3 Å². The van der Waals surface area contributed by atoms with Crippen molar-refractivity contribution < 1.29 is 18.0 Å². The molecule has 11 heteroatoms. The fraction of sp³-hybridized carbons (Fsp3) is 0.292. The Bertz CT molecular complexity index is 1340. The number of hydrogen-bond acceptors (Lipinski definition) is 5. The van der Waals surface area contributed by atoms with Gasteiger partial charge in [-0.25, -0.2) is 0 Å². The van der Waals surface area contributed by atoms with E-state index in [2.05, 4.69) is 10.3 Å². The van der Waals surface area contributed by atoms with Gasteiger partial charge in [0.1, 0.15) is 11.2 Å². The highest BCUT2D eigenvalue weighted by molar-refractivity contribution is 7.80. The lowest BCUT2D eigenvalue weighted by Crippen LogP contribution is -2.43. The maximum Gasteiger partial charge on any atom is 0.417 e. The molecular weight excluding hydrogens is 477 g/mol. The quantitative estimate of drug-likeness (QED) is 0.472. The smallest absolute Gasteiger partial charge is 0.330 e. The minimum Gasteiger partial charge on any atom is -0.330 e. The van der Waals surface area contributed by atoms with Crippen LogP contribution in [0, 0.1) is 11.3 Å². The van der Waals surface area contributed by atoms with E-state index in [1.54, 1.807) is 29.5 Å². The Labute approximate surface area is 205 Å². The van der Waals surface area contributed by atoms with Crippen molar-refractivity contribution in [2.24, 2.45) is 0 Å². The lowest BCUT2D eigenvalue weighted by molar-refractivity contribution is -0.137. The molecule has 35 heavy (non-hydrogen) atoms. The van der Waals surface area contributed by atoms with Gasteiger partial charge in [0.05, 0.1) is 29.1 Å². The first-order valence-electron chi connectivity index (χ1n) is 10.7. The predicted octanol–water partition coefficient (Wildman–Crippen LogP) is 4.77. The van der Waals surface area contributed by atoms with E-state index < -0.39 is 28.7 Å². The molecule has 0 spiro atoms. The molecule has 1 saturated heterocycles. The van der Waals surface area contributed by atoms with Crippen molar-refractivity contribution in [3.63, 3.8) is 0 Å². The zero-order chi connectivity index (χ0) is 25.5. The van der Waals surface area contributed by atoms with Gasteiger partial charge in [0, 0.05) is 18.7 Å². The van der Waals surface area contributed by atoms with Crippen molar-refractivity contribution in [2.75, 3.05) is 4.90 Å². The van der Waals surface area contributed by atoms with Crippen molar-refractivity contribution >= 4 is 28.9 Å². The molecule has 4 rings (SSSR count). The van der Waals surface area contributed by atoms with Crippen LogP contribution in [-0.2, 0) is 24.1 Å². The van der Waals surface area contributed by atoms with Gasteiger partial charge < -0.3 is 4.90 Å². The number of halogens is 3. The number of rotatable bonds is 5. The number of anilines is 1. The molecule has 2 heterocycles. The van der Waals surface area contributed by atoms with Gasteiger partial charge >= 0.3 is 6.18 Å². The lowest BCUT2D eigenvalue weighted by atomic mass is 10.0. The van der Waals surface area contributed by atoms with Gasteiger partial charge in [-0.2, -0.15) is 18.4 Å². The summed E-state index contributed by atoms with van der Waals surface area (Å²) in [5.74, 6) is -0.451. The van der Waals surface area contributed by atoms with Crippen LogP contribution in [0.3, 0.4) is 0 Å². The molecule has 1 aromatic heterocycles. The van der Waals surface area contributed by atoms with Gasteiger partial charge in [-0.1, -0.05) is 29.5 Å². The maximum atomic E-state index is 13.5. The molecule has 1 fully saturated rings. The highest BCUT2D eigenvalue weighted by atomic mass is 32.1.